The van der Waals surface area contributed by atoms with Gasteiger partial charge in [-0.25, -0.2) is 0 Å². The minimum atomic E-state index is 0.117. The minimum Gasteiger partial charge on any atom is -0.494 e. The van der Waals surface area contributed by atoms with Crippen molar-refractivity contribution in [2.24, 2.45) is 5.92 Å². The van der Waals surface area contributed by atoms with Crippen molar-refractivity contribution in [3.05, 3.63) is 29.8 Å². The number of benzene rings is 1. The van der Waals surface area contributed by atoms with Gasteiger partial charge in [-0.05, 0) is 37.0 Å². The Kier molecular flexibility index (Phi) is 7.24. The largest absolute Gasteiger partial charge is 0.494 e. The second kappa shape index (κ2) is 8.73. The molecule has 106 valence electrons. The molecular weight excluding hydrogens is 236 g/mol. The van der Waals surface area contributed by atoms with Crippen LogP contribution in [0.1, 0.15) is 52.0 Å². The fourth-order valence-corrected chi connectivity index (χ4v) is 2.02. The van der Waals surface area contributed by atoms with Gasteiger partial charge in [0.15, 0.2) is 0 Å². The van der Waals surface area contributed by atoms with Crippen LogP contribution in [-0.2, 0) is 11.2 Å². The lowest BCUT2D eigenvalue weighted by molar-refractivity contribution is -0.122. The number of carbonyl (C=O) groups is 1. The van der Waals surface area contributed by atoms with Crippen molar-refractivity contribution in [1.29, 1.82) is 0 Å². The molecule has 0 saturated carbocycles. The summed E-state index contributed by atoms with van der Waals surface area (Å²) in [6.45, 7) is 7.00. The van der Waals surface area contributed by atoms with E-state index in [0.29, 0.717) is 12.2 Å². The van der Waals surface area contributed by atoms with E-state index in [2.05, 4.69) is 19.1 Å². The molecule has 1 rings (SSSR count). The molecule has 1 unspecified atom stereocenters. The molecule has 0 saturated heterocycles. The highest BCUT2D eigenvalue weighted by Crippen LogP contribution is 2.16. The molecule has 0 N–H and O–H groups in total. The number of Topliss-reactive ketones (excluding diaryl/α,β-unsaturated/α-hetero) is 1. The third kappa shape index (κ3) is 5.91. The van der Waals surface area contributed by atoms with Crippen LogP contribution in [0.2, 0.25) is 0 Å². The standard InChI is InChI=1S/C17H26O2/c1-4-6-12-19-16-10-8-15(9-11-16)13-14(3)17(18)7-5-2/h8-11,14H,4-7,12-13H2,1-3H3. The maximum atomic E-state index is 11.8. The van der Waals surface area contributed by atoms with Crippen LogP contribution in [0.5, 0.6) is 5.75 Å². The van der Waals surface area contributed by atoms with Crippen LogP contribution in [0.4, 0.5) is 0 Å². The summed E-state index contributed by atoms with van der Waals surface area (Å²) in [6, 6.07) is 8.14. The summed E-state index contributed by atoms with van der Waals surface area (Å²) >= 11 is 0. The van der Waals surface area contributed by atoms with E-state index in [9.17, 15) is 4.79 Å². The van der Waals surface area contributed by atoms with Crippen molar-refractivity contribution in [3.8, 4) is 5.75 Å². The van der Waals surface area contributed by atoms with Crippen LogP contribution in [0.3, 0.4) is 0 Å². The molecule has 1 aromatic rings. The predicted octanol–water partition coefficient (Wildman–Crippen LogP) is 4.41. The summed E-state index contributed by atoms with van der Waals surface area (Å²) < 4.78 is 5.63. The summed E-state index contributed by atoms with van der Waals surface area (Å²) in [6.07, 6.45) is 4.69. The van der Waals surface area contributed by atoms with Crippen LogP contribution >= 0.6 is 0 Å². The van der Waals surface area contributed by atoms with E-state index >= 15 is 0 Å². The molecule has 0 aromatic heterocycles. The third-order valence-corrected chi connectivity index (χ3v) is 3.28. The molecule has 0 aliphatic carbocycles. The Morgan fingerprint density at radius 2 is 1.84 bits per heavy atom. The summed E-state index contributed by atoms with van der Waals surface area (Å²) in [5, 5.41) is 0. The zero-order valence-electron chi connectivity index (χ0n) is 12.4. The first-order valence-corrected chi connectivity index (χ1v) is 7.41. The van der Waals surface area contributed by atoms with Gasteiger partial charge in [-0.15, -0.1) is 0 Å². The summed E-state index contributed by atoms with van der Waals surface area (Å²) in [5.74, 6) is 1.40. The van der Waals surface area contributed by atoms with Crippen LogP contribution in [0.15, 0.2) is 24.3 Å². The summed E-state index contributed by atoms with van der Waals surface area (Å²) in [7, 11) is 0. The van der Waals surface area contributed by atoms with E-state index in [1.807, 2.05) is 26.0 Å². The molecule has 0 fully saturated rings. The molecule has 0 aliphatic rings. The number of unbranched alkanes of at least 4 members (excludes halogenated alkanes) is 1. The first kappa shape index (κ1) is 15.7. The highest BCUT2D eigenvalue weighted by atomic mass is 16.5. The second-order valence-corrected chi connectivity index (χ2v) is 5.17. The fraction of sp³-hybridized carbons (Fsp3) is 0.588. The van der Waals surface area contributed by atoms with Gasteiger partial charge in [0.2, 0.25) is 0 Å². The Labute approximate surface area is 117 Å². The Morgan fingerprint density at radius 3 is 2.42 bits per heavy atom. The molecule has 19 heavy (non-hydrogen) atoms. The van der Waals surface area contributed by atoms with Gasteiger partial charge < -0.3 is 4.74 Å². The van der Waals surface area contributed by atoms with Crippen LogP contribution < -0.4 is 4.74 Å². The lowest BCUT2D eigenvalue weighted by Crippen LogP contribution is -2.13. The number of carbonyl (C=O) groups excluding carboxylic acids is 1. The molecule has 2 nitrogen and oxygen atoms in total. The number of rotatable bonds is 9. The van der Waals surface area contributed by atoms with Gasteiger partial charge in [-0.3, -0.25) is 4.79 Å². The van der Waals surface area contributed by atoms with E-state index in [1.54, 1.807) is 0 Å². The predicted molar refractivity (Wildman–Crippen MR) is 79.6 cm³/mol. The topological polar surface area (TPSA) is 26.3 Å². The first-order valence-electron chi connectivity index (χ1n) is 7.41. The molecule has 2 heteroatoms. The second-order valence-electron chi connectivity index (χ2n) is 5.17. The van der Waals surface area contributed by atoms with Crippen molar-refractivity contribution in [1.82, 2.24) is 0 Å². The van der Waals surface area contributed by atoms with Crippen molar-refractivity contribution in [2.75, 3.05) is 6.61 Å². The van der Waals surface area contributed by atoms with E-state index in [0.717, 1.165) is 38.0 Å². The number of ketones is 1. The van der Waals surface area contributed by atoms with E-state index < -0.39 is 0 Å². The van der Waals surface area contributed by atoms with Gasteiger partial charge in [0, 0.05) is 12.3 Å². The van der Waals surface area contributed by atoms with Gasteiger partial charge in [0.1, 0.15) is 11.5 Å². The Morgan fingerprint density at radius 1 is 1.16 bits per heavy atom. The monoisotopic (exact) mass is 262 g/mol. The molecular formula is C17H26O2. The lowest BCUT2D eigenvalue weighted by Gasteiger charge is -2.11. The third-order valence-electron chi connectivity index (χ3n) is 3.28. The smallest absolute Gasteiger partial charge is 0.136 e. The Balaban J connectivity index is 2.45. The van der Waals surface area contributed by atoms with Crippen molar-refractivity contribution in [3.63, 3.8) is 0 Å². The molecule has 1 aromatic carbocycles. The SMILES string of the molecule is CCCCOc1ccc(CC(C)C(=O)CCC)cc1. The Bertz CT molecular complexity index is 367. The number of hydrogen-bond acceptors (Lipinski definition) is 2. The number of ether oxygens (including phenoxy) is 1. The van der Waals surface area contributed by atoms with Crippen LogP contribution in [0, 0.1) is 5.92 Å². The highest BCUT2D eigenvalue weighted by Gasteiger charge is 2.12. The summed E-state index contributed by atoms with van der Waals surface area (Å²) in [4.78, 5) is 11.8. The highest BCUT2D eigenvalue weighted by molar-refractivity contribution is 5.80. The van der Waals surface area contributed by atoms with Gasteiger partial charge in [0.25, 0.3) is 0 Å². The lowest BCUT2D eigenvalue weighted by atomic mass is 9.95. The summed E-state index contributed by atoms with van der Waals surface area (Å²) in [5.41, 5.74) is 1.21. The minimum absolute atomic E-state index is 0.117. The quantitative estimate of drug-likeness (QED) is 0.616. The molecule has 0 heterocycles. The maximum Gasteiger partial charge on any atom is 0.136 e. The zero-order chi connectivity index (χ0) is 14.1. The van der Waals surface area contributed by atoms with Gasteiger partial charge in [-0.2, -0.15) is 0 Å². The Hall–Kier alpha value is -1.31. The fourth-order valence-electron chi connectivity index (χ4n) is 2.02. The van der Waals surface area contributed by atoms with Crippen molar-refractivity contribution in [2.45, 2.75) is 52.9 Å². The van der Waals surface area contributed by atoms with Gasteiger partial charge >= 0.3 is 0 Å². The first-order chi connectivity index (χ1) is 9.17. The number of hydrogen-bond donors (Lipinski definition) is 0. The molecule has 0 amide bonds. The van der Waals surface area contributed by atoms with Crippen molar-refractivity contribution < 1.29 is 9.53 Å². The van der Waals surface area contributed by atoms with Gasteiger partial charge in [-0.1, -0.05) is 39.3 Å². The van der Waals surface area contributed by atoms with Crippen LogP contribution in [-0.4, -0.2) is 12.4 Å². The molecule has 0 radical (unpaired) electrons. The molecule has 0 spiro atoms. The zero-order valence-corrected chi connectivity index (χ0v) is 12.4. The van der Waals surface area contributed by atoms with E-state index in [4.69, 9.17) is 4.74 Å². The van der Waals surface area contributed by atoms with Gasteiger partial charge in [0.05, 0.1) is 6.61 Å². The van der Waals surface area contributed by atoms with E-state index in [-0.39, 0.29) is 5.92 Å². The van der Waals surface area contributed by atoms with Crippen LogP contribution in [0.25, 0.3) is 0 Å². The molecule has 0 aliphatic heterocycles. The maximum absolute atomic E-state index is 11.8. The molecule has 0 bridgehead atoms. The van der Waals surface area contributed by atoms with Crippen molar-refractivity contribution >= 4 is 5.78 Å². The average Bonchev–Trinajstić information content (AvgIpc) is 2.41. The van der Waals surface area contributed by atoms with E-state index in [1.165, 1.54) is 5.56 Å². The average molecular weight is 262 g/mol. The normalized spacial score (nSPS) is 12.2. The molecule has 1 atom stereocenters.